The number of hydrogen-bond donors (Lipinski definition) is 0. The standard InChI is InChI=1S/Mg.Mo.2O.2H. The van der Waals surface area contributed by atoms with E-state index in [9.17, 15) is 0 Å². The second-order valence-electron chi connectivity index (χ2n) is 0.0680. The SMILES string of the molecule is [MgH2].[O]=[Mo]=[O]. The maximum atomic E-state index is 8.50. The molecule has 0 aliphatic heterocycles. The Bertz CT molecular complexity index is 27.0. The van der Waals surface area contributed by atoms with Gasteiger partial charge in [-0.25, -0.2) is 0 Å². The predicted molar refractivity (Wildman–Crippen MR) is 9.92 cm³/mol. The summed E-state index contributed by atoms with van der Waals surface area (Å²) in [4.78, 5) is 0. The van der Waals surface area contributed by atoms with E-state index in [1.807, 2.05) is 0 Å². The third-order valence-corrected chi connectivity index (χ3v) is 0. The molecule has 0 saturated carbocycles. The fourth-order valence-corrected chi connectivity index (χ4v) is 0. The summed E-state index contributed by atoms with van der Waals surface area (Å²) in [5, 5.41) is 0. The van der Waals surface area contributed by atoms with Gasteiger partial charge in [0.2, 0.25) is 0 Å². The first kappa shape index (κ1) is 8.91. The Morgan fingerprint density at radius 1 is 1.25 bits per heavy atom. The fraction of sp³-hybridized carbons (Fsp3) is 0. The average Bonchev–Trinajstić information content (AvgIpc) is 0.918. The van der Waals surface area contributed by atoms with Crippen molar-refractivity contribution in [2.75, 3.05) is 0 Å². The van der Waals surface area contributed by atoms with Crippen LogP contribution in [-0.4, -0.2) is 23.1 Å². The van der Waals surface area contributed by atoms with Crippen molar-refractivity contribution in [2.45, 2.75) is 0 Å². The van der Waals surface area contributed by atoms with Gasteiger partial charge in [-0.3, -0.25) is 0 Å². The number of hydrogen-bond acceptors (Lipinski definition) is 2. The molecule has 0 aromatic carbocycles. The van der Waals surface area contributed by atoms with Crippen molar-refractivity contribution in [3.63, 3.8) is 0 Å². The van der Waals surface area contributed by atoms with Gasteiger partial charge in [0.05, 0.1) is 0 Å². The Labute approximate surface area is 48.3 Å². The Morgan fingerprint density at radius 2 is 1.25 bits per heavy atom. The van der Waals surface area contributed by atoms with Gasteiger partial charge in [-0.15, -0.1) is 0 Å². The molecule has 0 saturated heterocycles. The van der Waals surface area contributed by atoms with Crippen LogP contribution in [0, 0.1) is 0 Å². The molecule has 0 spiro atoms. The van der Waals surface area contributed by atoms with E-state index in [1.54, 1.807) is 0 Å². The van der Waals surface area contributed by atoms with Crippen LogP contribution in [0.3, 0.4) is 0 Å². The minimum absolute atomic E-state index is 0. The van der Waals surface area contributed by atoms with E-state index in [-0.39, 0.29) is 23.1 Å². The van der Waals surface area contributed by atoms with Crippen LogP contribution in [0.15, 0.2) is 0 Å². The minimum atomic E-state index is -2.03. The maximum absolute atomic E-state index is 8.50. The van der Waals surface area contributed by atoms with Crippen LogP contribution in [0.25, 0.3) is 0 Å². The van der Waals surface area contributed by atoms with Gasteiger partial charge in [-0.05, 0) is 0 Å². The summed E-state index contributed by atoms with van der Waals surface area (Å²) in [7, 11) is 0. The summed E-state index contributed by atoms with van der Waals surface area (Å²) in [5.41, 5.74) is 0. The van der Waals surface area contributed by atoms with E-state index in [2.05, 4.69) is 0 Å². The van der Waals surface area contributed by atoms with E-state index in [0.717, 1.165) is 0 Å². The third kappa shape index (κ3) is 11.6. The van der Waals surface area contributed by atoms with Gasteiger partial charge >= 0.3 is 48.3 Å². The quantitative estimate of drug-likeness (QED) is 0.413. The second kappa shape index (κ2) is 8.96. The summed E-state index contributed by atoms with van der Waals surface area (Å²) in [5.74, 6) is 0. The van der Waals surface area contributed by atoms with Crippen LogP contribution in [0.1, 0.15) is 0 Å². The zero-order valence-corrected chi connectivity index (χ0v) is 3.23. The zero-order chi connectivity index (χ0) is 2.71. The molecule has 0 aliphatic carbocycles. The van der Waals surface area contributed by atoms with Crippen LogP contribution in [0.5, 0.6) is 0 Å². The van der Waals surface area contributed by atoms with Crippen molar-refractivity contribution < 1.29 is 25.3 Å². The van der Waals surface area contributed by atoms with E-state index >= 15 is 0 Å². The summed E-state index contributed by atoms with van der Waals surface area (Å²) in [6.45, 7) is 0. The molecule has 4 heavy (non-hydrogen) atoms. The Morgan fingerprint density at radius 3 is 1.25 bits per heavy atom. The van der Waals surface area contributed by atoms with Crippen LogP contribution in [-0.2, 0) is 25.3 Å². The molecule has 0 bridgehead atoms. The van der Waals surface area contributed by atoms with Crippen molar-refractivity contribution in [3.05, 3.63) is 0 Å². The van der Waals surface area contributed by atoms with Crippen molar-refractivity contribution >= 4 is 23.1 Å². The summed E-state index contributed by atoms with van der Waals surface area (Å²) < 4.78 is 17.0. The molecule has 0 N–H and O–H groups in total. The van der Waals surface area contributed by atoms with Crippen LogP contribution < -0.4 is 0 Å². The summed E-state index contributed by atoms with van der Waals surface area (Å²) >= 11 is -2.03. The van der Waals surface area contributed by atoms with Crippen molar-refractivity contribution in [2.24, 2.45) is 0 Å². The molecule has 22 valence electrons. The molecule has 0 atom stereocenters. The first-order chi connectivity index (χ1) is 1.41. The van der Waals surface area contributed by atoms with Gasteiger partial charge in [0.25, 0.3) is 0 Å². The van der Waals surface area contributed by atoms with Gasteiger partial charge in [-0.1, -0.05) is 0 Å². The Kier molecular flexibility index (Phi) is 20.0. The Hall–Kier alpha value is 1.05. The third-order valence-electron chi connectivity index (χ3n) is 0. The van der Waals surface area contributed by atoms with E-state index < -0.39 is 18.5 Å². The zero-order valence-electron chi connectivity index (χ0n) is 1.22. The topological polar surface area (TPSA) is 34.1 Å². The average molecular weight is 154 g/mol. The summed E-state index contributed by atoms with van der Waals surface area (Å²) in [6, 6.07) is 0. The molecular weight excluding hydrogens is 152 g/mol. The fourth-order valence-electron chi connectivity index (χ4n) is 0. The molecule has 0 heterocycles. The van der Waals surface area contributed by atoms with Gasteiger partial charge in [-0.2, -0.15) is 0 Å². The Balaban J connectivity index is 0. The molecule has 0 amide bonds. The molecular formula is H2MgMoO2. The van der Waals surface area contributed by atoms with Gasteiger partial charge in [0, 0.05) is 0 Å². The molecule has 0 radical (unpaired) electrons. The van der Waals surface area contributed by atoms with Crippen LogP contribution in [0.2, 0.25) is 0 Å². The molecule has 0 unspecified atom stereocenters. The molecule has 0 rings (SSSR count). The van der Waals surface area contributed by atoms with Crippen LogP contribution >= 0.6 is 0 Å². The van der Waals surface area contributed by atoms with E-state index in [1.165, 1.54) is 0 Å². The molecule has 0 aromatic rings. The molecule has 0 fully saturated rings. The molecule has 4 heteroatoms. The second-order valence-corrected chi connectivity index (χ2v) is 0.403. The van der Waals surface area contributed by atoms with Gasteiger partial charge in [0.1, 0.15) is 0 Å². The van der Waals surface area contributed by atoms with Gasteiger partial charge in [0.15, 0.2) is 0 Å². The van der Waals surface area contributed by atoms with E-state index in [0.29, 0.717) is 0 Å². The van der Waals surface area contributed by atoms with Crippen molar-refractivity contribution in [3.8, 4) is 0 Å². The van der Waals surface area contributed by atoms with Crippen LogP contribution in [0.4, 0.5) is 0 Å². The summed E-state index contributed by atoms with van der Waals surface area (Å²) in [6.07, 6.45) is 0. The number of rotatable bonds is 0. The molecule has 2 nitrogen and oxygen atoms in total. The van der Waals surface area contributed by atoms with Gasteiger partial charge < -0.3 is 0 Å². The van der Waals surface area contributed by atoms with Crippen molar-refractivity contribution in [1.29, 1.82) is 0 Å². The first-order valence-electron chi connectivity index (χ1n) is 0.333. The molecule has 0 aromatic heterocycles. The molecule has 0 aliphatic rings. The van der Waals surface area contributed by atoms with E-state index in [4.69, 9.17) is 6.80 Å². The monoisotopic (exact) mass is 156 g/mol. The first-order valence-corrected chi connectivity index (χ1v) is 1.97. The predicted octanol–water partition coefficient (Wildman–Crippen LogP) is -1.16. The van der Waals surface area contributed by atoms with Crippen molar-refractivity contribution in [1.82, 2.24) is 0 Å². The normalized spacial score (nSPS) is 3.00.